The van der Waals surface area contributed by atoms with Crippen molar-refractivity contribution in [2.45, 2.75) is 31.5 Å². The van der Waals surface area contributed by atoms with Crippen LogP contribution in [0.25, 0.3) is 0 Å². The van der Waals surface area contributed by atoms with Crippen LogP contribution in [0.2, 0.25) is 0 Å². The van der Waals surface area contributed by atoms with Gasteiger partial charge < -0.3 is 9.47 Å². The predicted molar refractivity (Wildman–Crippen MR) is 127 cm³/mol. The van der Waals surface area contributed by atoms with Crippen LogP contribution in [0.15, 0.2) is 101 Å². The van der Waals surface area contributed by atoms with Gasteiger partial charge >= 0.3 is 12.2 Å². The Kier molecular flexibility index (Phi) is 9.25. The minimum Gasteiger partial charge on any atom is -0.444 e. The molecular weight excluding hydrogens is 476 g/mol. The lowest BCUT2D eigenvalue weighted by Gasteiger charge is -2.22. The van der Waals surface area contributed by atoms with Crippen molar-refractivity contribution in [1.82, 2.24) is 4.90 Å². The minimum absolute atomic E-state index is 0.0859. The number of nitrogens with zero attached hydrogens (tertiary/aromatic N) is 1. The number of amides is 2. The van der Waals surface area contributed by atoms with E-state index < -0.39 is 35.1 Å². The van der Waals surface area contributed by atoms with Crippen molar-refractivity contribution < 1.29 is 32.1 Å². The van der Waals surface area contributed by atoms with E-state index in [1.165, 1.54) is 12.1 Å². The average molecular weight is 500 g/mol. The molecule has 0 N–H and O–H groups in total. The fourth-order valence-corrected chi connectivity index (χ4v) is 3.87. The van der Waals surface area contributed by atoms with Crippen molar-refractivity contribution in [3.8, 4) is 0 Å². The Bertz CT molecular complexity index is 1130. The van der Waals surface area contributed by atoms with Gasteiger partial charge in [-0.1, -0.05) is 78.4 Å². The van der Waals surface area contributed by atoms with Gasteiger partial charge in [0.2, 0.25) is 0 Å². The summed E-state index contributed by atoms with van der Waals surface area (Å²) >= 11 is 0. The molecule has 0 unspecified atom stereocenters. The second-order valence-electron chi connectivity index (χ2n) is 7.37. The average Bonchev–Trinajstić information content (AvgIpc) is 2.87. The summed E-state index contributed by atoms with van der Waals surface area (Å²) in [4.78, 5) is 25.9. The molecule has 0 aliphatic carbocycles. The standard InChI is InChI=1S/C26H23F2NO5S/c1-19-12-14-22(15-13-19)35(32)18-23(24(27)28)29(25(30)33-16-20-8-4-2-5-9-20)26(31)34-17-21-10-6-3-7-11-21/h2-15,18,24H,16-17H2,1H3/b23-18-/t35-/m1/s1. The number of imide groups is 1. The number of carbonyl (C=O) groups is 2. The number of benzene rings is 3. The van der Waals surface area contributed by atoms with Crippen LogP contribution in [-0.2, 0) is 33.5 Å². The van der Waals surface area contributed by atoms with E-state index in [4.69, 9.17) is 9.47 Å². The number of alkyl halides is 2. The first-order valence-electron chi connectivity index (χ1n) is 10.5. The van der Waals surface area contributed by atoms with E-state index >= 15 is 0 Å². The van der Waals surface area contributed by atoms with Crippen molar-refractivity contribution in [2.75, 3.05) is 0 Å². The van der Waals surface area contributed by atoms with Gasteiger partial charge in [-0.25, -0.2) is 22.6 Å². The molecule has 0 heterocycles. The molecule has 9 heteroatoms. The molecule has 0 saturated carbocycles. The number of hydrogen-bond acceptors (Lipinski definition) is 5. The Morgan fingerprint density at radius 1 is 0.829 bits per heavy atom. The molecule has 2 amide bonds. The highest BCUT2D eigenvalue weighted by molar-refractivity contribution is 7.88. The lowest BCUT2D eigenvalue weighted by Crippen LogP contribution is -2.39. The summed E-state index contributed by atoms with van der Waals surface area (Å²) in [6, 6.07) is 23.4. The lowest BCUT2D eigenvalue weighted by atomic mass is 10.2. The highest BCUT2D eigenvalue weighted by Crippen LogP contribution is 2.22. The first kappa shape index (κ1) is 25.8. The molecule has 182 valence electrons. The van der Waals surface area contributed by atoms with Crippen molar-refractivity contribution in [2.24, 2.45) is 0 Å². The van der Waals surface area contributed by atoms with Crippen LogP contribution in [0.1, 0.15) is 16.7 Å². The Morgan fingerprint density at radius 2 is 1.29 bits per heavy atom. The summed E-state index contributed by atoms with van der Waals surface area (Å²) < 4.78 is 51.1. The van der Waals surface area contributed by atoms with Crippen LogP contribution in [0, 0.1) is 6.92 Å². The second kappa shape index (κ2) is 12.6. The van der Waals surface area contributed by atoms with Crippen LogP contribution in [0.4, 0.5) is 18.4 Å². The van der Waals surface area contributed by atoms with Gasteiger partial charge in [0.1, 0.15) is 18.9 Å². The van der Waals surface area contributed by atoms with Gasteiger partial charge in [-0.05, 0) is 30.2 Å². The maximum absolute atomic E-state index is 14.1. The minimum atomic E-state index is -3.32. The Balaban J connectivity index is 1.87. The van der Waals surface area contributed by atoms with Crippen LogP contribution < -0.4 is 0 Å². The van der Waals surface area contributed by atoms with E-state index in [9.17, 15) is 22.6 Å². The molecular formula is C26H23F2NO5S. The molecule has 0 spiro atoms. The fraction of sp³-hybridized carbons (Fsp3) is 0.154. The van der Waals surface area contributed by atoms with Crippen molar-refractivity contribution in [1.29, 1.82) is 0 Å². The van der Waals surface area contributed by atoms with E-state index in [2.05, 4.69) is 0 Å². The molecule has 1 atom stereocenters. The van der Waals surface area contributed by atoms with Crippen molar-refractivity contribution >= 4 is 23.0 Å². The van der Waals surface area contributed by atoms with E-state index in [1.807, 2.05) is 6.92 Å². The summed E-state index contributed by atoms with van der Waals surface area (Å²) in [6.45, 7) is 1.29. The van der Waals surface area contributed by atoms with E-state index in [0.717, 1.165) is 5.56 Å². The highest BCUT2D eigenvalue weighted by Gasteiger charge is 2.34. The van der Waals surface area contributed by atoms with Crippen LogP contribution in [0.3, 0.4) is 0 Å². The lowest BCUT2D eigenvalue weighted by molar-refractivity contribution is 0.0640. The number of carbonyl (C=O) groups excluding carboxylic acids is 2. The normalized spacial score (nSPS) is 12.2. The number of rotatable bonds is 8. The summed E-state index contributed by atoms with van der Waals surface area (Å²) in [7, 11) is -2.08. The van der Waals surface area contributed by atoms with Crippen molar-refractivity contribution in [3.05, 3.63) is 113 Å². The van der Waals surface area contributed by atoms with E-state index in [-0.39, 0.29) is 23.0 Å². The van der Waals surface area contributed by atoms with Crippen LogP contribution >= 0.6 is 0 Å². The predicted octanol–water partition coefficient (Wildman–Crippen LogP) is 6.18. The molecule has 3 aromatic carbocycles. The zero-order chi connectivity index (χ0) is 25.2. The molecule has 0 bridgehead atoms. The zero-order valence-electron chi connectivity index (χ0n) is 18.8. The molecule has 3 aromatic rings. The third-order valence-corrected chi connectivity index (χ3v) is 5.93. The monoisotopic (exact) mass is 499 g/mol. The molecule has 0 aromatic heterocycles. The third kappa shape index (κ3) is 7.58. The smallest absolute Gasteiger partial charge is 0.424 e. The Morgan fingerprint density at radius 3 is 1.71 bits per heavy atom. The van der Waals surface area contributed by atoms with Crippen molar-refractivity contribution in [3.63, 3.8) is 0 Å². The van der Waals surface area contributed by atoms with Gasteiger partial charge in [-0.3, -0.25) is 0 Å². The first-order valence-corrected chi connectivity index (χ1v) is 11.7. The van der Waals surface area contributed by atoms with Crippen LogP contribution in [-0.4, -0.2) is 27.7 Å². The molecule has 35 heavy (non-hydrogen) atoms. The maximum Gasteiger partial charge on any atom is 0.424 e. The zero-order valence-corrected chi connectivity index (χ0v) is 19.6. The van der Waals surface area contributed by atoms with E-state index in [1.54, 1.807) is 72.8 Å². The number of allylic oxidation sites excluding steroid dienone is 1. The van der Waals surface area contributed by atoms with Crippen LogP contribution in [0.5, 0.6) is 0 Å². The largest absolute Gasteiger partial charge is 0.444 e. The highest BCUT2D eigenvalue weighted by atomic mass is 32.2. The van der Waals surface area contributed by atoms with Gasteiger partial charge in [0, 0.05) is 10.3 Å². The Hall–Kier alpha value is -3.85. The number of halogens is 2. The molecule has 0 aliphatic rings. The van der Waals surface area contributed by atoms with E-state index in [0.29, 0.717) is 16.5 Å². The number of aryl methyl sites for hydroxylation is 1. The molecule has 0 saturated heterocycles. The summed E-state index contributed by atoms with van der Waals surface area (Å²) in [5.74, 6) is 0. The summed E-state index contributed by atoms with van der Waals surface area (Å²) in [6.07, 6.45) is -6.07. The third-order valence-electron chi connectivity index (χ3n) is 4.74. The molecule has 0 radical (unpaired) electrons. The second-order valence-corrected chi connectivity index (χ2v) is 8.67. The Labute approximate surface area is 204 Å². The molecule has 0 aliphatic heterocycles. The fourth-order valence-electron chi connectivity index (χ4n) is 2.90. The quantitative estimate of drug-likeness (QED) is 0.370. The topological polar surface area (TPSA) is 72.9 Å². The van der Waals surface area contributed by atoms with Gasteiger partial charge in [0.15, 0.2) is 0 Å². The first-order chi connectivity index (χ1) is 16.8. The SMILES string of the molecule is Cc1ccc([S@](=O)/C=C(/C(F)F)N(C(=O)OCc2ccccc2)C(=O)OCc2ccccc2)cc1. The number of hydrogen-bond donors (Lipinski definition) is 0. The number of ether oxygens (including phenoxy) is 2. The maximum atomic E-state index is 14.1. The summed E-state index contributed by atoms with van der Waals surface area (Å²) in [5, 5.41) is 0.656. The molecule has 6 nitrogen and oxygen atoms in total. The van der Waals surface area contributed by atoms with Gasteiger partial charge in [-0.15, -0.1) is 0 Å². The van der Waals surface area contributed by atoms with Gasteiger partial charge in [0.05, 0.1) is 10.8 Å². The molecule has 3 rings (SSSR count). The van der Waals surface area contributed by atoms with Gasteiger partial charge in [0.25, 0.3) is 6.43 Å². The molecule has 0 fully saturated rings. The summed E-state index contributed by atoms with van der Waals surface area (Å²) in [5.41, 5.74) is 0.966. The van der Waals surface area contributed by atoms with Gasteiger partial charge in [-0.2, -0.15) is 4.90 Å².